The van der Waals surface area contributed by atoms with Crippen LogP contribution in [0.25, 0.3) is 0 Å². The molecule has 1 N–H and O–H groups in total. The van der Waals surface area contributed by atoms with Gasteiger partial charge in [0.15, 0.2) is 0 Å². The Morgan fingerprint density at radius 3 is 2.89 bits per heavy atom. The molecule has 1 aliphatic heterocycles. The molecule has 1 aromatic rings. The number of likely N-dealkylation sites (tertiary alicyclic amines) is 1. The predicted molar refractivity (Wildman–Crippen MR) is 72.9 cm³/mol. The molecule has 0 unspecified atom stereocenters. The first kappa shape index (κ1) is 14.1. The smallest absolute Gasteiger partial charge is 0.257 e. The summed E-state index contributed by atoms with van der Waals surface area (Å²) in [7, 11) is 0. The summed E-state index contributed by atoms with van der Waals surface area (Å²) in [5.41, 5.74) is 1.59. The molecule has 0 radical (unpaired) electrons. The van der Waals surface area contributed by atoms with Crippen LogP contribution in [0.1, 0.15) is 42.7 Å². The van der Waals surface area contributed by atoms with Gasteiger partial charge in [-0.3, -0.25) is 9.48 Å². The lowest BCUT2D eigenvalue weighted by atomic mass is 10.1. The van der Waals surface area contributed by atoms with Gasteiger partial charge in [-0.1, -0.05) is 13.8 Å². The molecule has 2 heterocycles. The fourth-order valence-electron chi connectivity index (χ4n) is 2.36. The molecule has 1 fully saturated rings. The summed E-state index contributed by atoms with van der Waals surface area (Å²) in [5, 5.41) is 13.8. The van der Waals surface area contributed by atoms with Gasteiger partial charge >= 0.3 is 0 Å². The number of hydrogen-bond acceptors (Lipinski definition) is 3. The van der Waals surface area contributed by atoms with E-state index in [9.17, 15) is 9.90 Å². The monoisotopic (exact) mass is 265 g/mol. The summed E-state index contributed by atoms with van der Waals surface area (Å²) in [6.45, 7) is 8.21. The second kappa shape index (κ2) is 5.74. The van der Waals surface area contributed by atoms with Gasteiger partial charge in [0.1, 0.15) is 0 Å². The van der Waals surface area contributed by atoms with E-state index in [1.54, 1.807) is 11.1 Å². The SMILES string of the molecule is Cc1c(C(=O)N2CC[C@@H](O)C2)cnn1CCC(C)C. The van der Waals surface area contributed by atoms with Crippen molar-refractivity contribution in [2.45, 2.75) is 46.3 Å². The fourth-order valence-corrected chi connectivity index (χ4v) is 2.36. The topological polar surface area (TPSA) is 58.4 Å². The van der Waals surface area contributed by atoms with E-state index < -0.39 is 0 Å². The first-order valence-corrected chi connectivity index (χ1v) is 6.98. The zero-order valence-corrected chi connectivity index (χ0v) is 12.0. The highest BCUT2D eigenvalue weighted by molar-refractivity contribution is 5.95. The number of hydrogen-bond donors (Lipinski definition) is 1. The molecule has 0 bridgehead atoms. The zero-order chi connectivity index (χ0) is 14.0. The first-order chi connectivity index (χ1) is 8.99. The third-order valence-corrected chi connectivity index (χ3v) is 3.70. The van der Waals surface area contributed by atoms with Crippen LogP contribution in [0, 0.1) is 12.8 Å². The van der Waals surface area contributed by atoms with Crippen LogP contribution >= 0.6 is 0 Å². The molecule has 2 rings (SSSR count). The van der Waals surface area contributed by atoms with Crippen molar-refractivity contribution in [1.29, 1.82) is 0 Å². The second-order valence-electron chi connectivity index (χ2n) is 5.74. The number of amides is 1. The summed E-state index contributed by atoms with van der Waals surface area (Å²) in [5.74, 6) is 0.612. The third-order valence-electron chi connectivity index (χ3n) is 3.70. The van der Waals surface area contributed by atoms with Crippen molar-refractivity contribution in [2.75, 3.05) is 13.1 Å². The highest BCUT2D eigenvalue weighted by Gasteiger charge is 2.27. The number of aryl methyl sites for hydroxylation is 1. The van der Waals surface area contributed by atoms with Crippen LogP contribution in [-0.2, 0) is 6.54 Å². The minimum absolute atomic E-state index is 0.00940. The second-order valence-corrected chi connectivity index (χ2v) is 5.74. The van der Waals surface area contributed by atoms with Crippen LogP contribution in [-0.4, -0.2) is 44.9 Å². The van der Waals surface area contributed by atoms with E-state index in [2.05, 4.69) is 18.9 Å². The lowest BCUT2D eigenvalue weighted by Gasteiger charge is -2.15. The minimum atomic E-state index is -0.375. The minimum Gasteiger partial charge on any atom is -0.391 e. The maximum Gasteiger partial charge on any atom is 0.257 e. The number of aliphatic hydroxyl groups is 1. The molecule has 106 valence electrons. The summed E-state index contributed by atoms with van der Waals surface area (Å²) < 4.78 is 1.90. The molecule has 1 atom stereocenters. The van der Waals surface area contributed by atoms with Crippen LogP contribution in [0.5, 0.6) is 0 Å². The Bertz CT molecular complexity index is 454. The van der Waals surface area contributed by atoms with Crippen LogP contribution < -0.4 is 0 Å². The maximum absolute atomic E-state index is 12.3. The Kier molecular flexibility index (Phi) is 4.24. The maximum atomic E-state index is 12.3. The van der Waals surface area contributed by atoms with Crippen molar-refractivity contribution in [3.05, 3.63) is 17.5 Å². The molecule has 1 aliphatic rings. The van der Waals surface area contributed by atoms with Crippen molar-refractivity contribution in [1.82, 2.24) is 14.7 Å². The Hall–Kier alpha value is -1.36. The van der Waals surface area contributed by atoms with Crippen LogP contribution in [0.3, 0.4) is 0 Å². The lowest BCUT2D eigenvalue weighted by molar-refractivity contribution is 0.0764. The Balaban J connectivity index is 2.06. The molecular weight excluding hydrogens is 242 g/mol. The normalized spacial score (nSPS) is 19.4. The highest BCUT2D eigenvalue weighted by atomic mass is 16.3. The van der Waals surface area contributed by atoms with Gasteiger partial charge in [-0.05, 0) is 25.7 Å². The van der Waals surface area contributed by atoms with E-state index in [4.69, 9.17) is 0 Å². The number of nitrogens with zero attached hydrogens (tertiary/aromatic N) is 3. The van der Waals surface area contributed by atoms with Crippen molar-refractivity contribution in [3.63, 3.8) is 0 Å². The van der Waals surface area contributed by atoms with Crippen molar-refractivity contribution < 1.29 is 9.90 Å². The van der Waals surface area contributed by atoms with Gasteiger partial charge in [-0.2, -0.15) is 5.10 Å². The number of aliphatic hydroxyl groups excluding tert-OH is 1. The first-order valence-electron chi connectivity index (χ1n) is 6.98. The lowest BCUT2D eigenvalue weighted by Crippen LogP contribution is -2.29. The van der Waals surface area contributed by atoms with E-state index in [1.165, 1.54) is 0 Å². The molecule has 5 nitrogen and oxygen atoms in total. The standard InChI is InChI=1S/C14H23N3O2/c1-10(2)4-7-17-11(3)13(8-15-17)14(19)16-6-5-12(18)9-16/h8,10,12,18H,4-7,9H2,1-3H3/t12-/m1/s1. The summed E-state index contributed by atoms with van der Waals surface area (Å²) in [6.07, 6.45) is 3.01. The molecule has 5 heteroatoms. The van der Waals surface area contributed by atoms with Gasteiger partial charge in [-0.15, -0.1) is 0 Å². The van der Waals surface area contributed by atoms with Gasteiger partial charge in [0.25, 0.3) is 5.91 Å². The molecule has 1 saturated heterocycles. The Morgan fingerprint density at radius 2 is 2.32 bits per heavy atom. The molecule has 0 spiro atoms. The van der Waals surface area contributed by atoms with Gasteiger partial charge in [0.2, 0.25) is 0 Å². The number of aromatic nitrogens is 2. The van der Waals surface area contributed by atoms with Gasteiger partial charge in [0.05, 0.1) is 17.9 Å². The van der Waals surface area contributed by atoms with Gasteiger partial charge < -0.3 is 10.0 Å². The fraction of sp³-hybridized carbons (Fsp3) is 0.714. The Morgan fingerprint density at radius 1 is 1.58 bits per heavy atom. The number of β-amino-alcohol motifs (C(OH)–C–C–N with tert-alkyl or cyclic N) is 1. The van der Waals surface area contributed by atoms with E-state index >= 15 is 0 Å². The molecule has 0 aliphatic carbocycles. The largest absolute Gasteiger partial charge is 0.391 e. The van der Waals surface area contributed by atoms with Crippen LogP contribution in [0.4, 0.5) is 0 Å². The van der Waals surface area contributed by atoms with E-state index in [0.717, 1.165) is 18.7 Å². The van der Waals surface area contributed by atoms with E-state index in [-0.39, 0.29) is 12.0 Å². The van der Waals surface area contributed by atoms with E-state index in [0.29, 0.717) is 31.0 Å². The molecular formula is C14H23N3O2. The summed E-state index contributed by atoms with van der Waals surface area (Å²) >= 11 is 0. The molecule has 0 aromatic carbocycles. The van der Waals surface area contributed by atoms with Crippen molar-refractivity contribution >= 4 is 5.91 Å². The quantitative estimate of drug-likeness (QED) is 0.896. The van der Waals surface area contributed by atoms with Crippen LogP contribution in [0.2, 0.25) is 0 Å². The molecule has 0 saturated carbocycles. The summed E-state index contributed by atoms with van der Waals surface area (Å²) in [4.78, 5) is 14.0. The number of carbonyl (C=O) groups excluding carboxylic acids is 1. The van der Waals surface area contributed by atoms with Crippen molar-refractivity contribution in [3.8, 4) is 0 Å². The van der Waals surface area contributed by atoms with Gasteiger partial charge in [0, 0.05) is 25.3 Å². The van der Waals surface area contributed by atoms with Crippen molar-refractivity contribution in [2.24, 2.45) is 5.92 Å². The molecule has 19 heavy (non-hydrogen) atoms. The van der Waals surface area contributed by atoms with Gasteiger partial charge in [-0.25, -0.2) is 0 Å². The Labute approximate surface area is 114 Å². The molecule has 1 aromatic heterocycles. The predicted octanol–water partition coefficient (Wildman–Crippen LogP) is 1.44. The average Bonchev–Trinajstić information content (AvgIpc) is 2.93. The van der Waals surface area contributed by atoms with Crippen LogP contribution in [0.15, 0.2) is 6.20 Å². The number of rotatable bonds is 4. The third kappa shape index (κ3) is 3.15. The number of carbonyl (C=O) groups is 1. The molecule has 1 amide bonds. The zero-order valence-electron chi connectivity index (χ0n) is 12.0. The average molecular weight is 265 g/mol. The summed E-state index contributed by atoms with van der Waals surface area (Å²) in [6, 6.07) is 0. The highest BCUT2D eigenvalue weighted by Crippen LogP contribution is 2.16. The van der Waals surface area contributed by atoms with E-state index in [1.807, 2.05) is 11.6 Å².